The van der Waals surface area contributed by atoms with E-state index in [1.807, 2.05) is 23.1 Å². The molecule has 0 fully saturated rings. The third kappa shape index (κ3) is 2.31. The molecule has 2 aromatic rings. The smallest absolute Gasteiger partial charge is 0.244 e. The Morgan fingerprint density at radius 1 is 1.37 bits per heavy atom. The molecule has 0 saturated carbocycles. The van der Waals surface area contributed by atoms with Gasteiger partial charge in [-0.15, -0.1) is 0 Å². The maximum absolute atomic E-state index is 12.2. The first-order chi connectivity index (χ1) is 9.24. The highest BCUT2D eigenvalue weighted by atomic mass is 16.2. The molecule has 1 aromatic carbocycles. The van der Waals surface area contributed by atoms with Crippen molar-refractivity contribution in [3.8, 4) is 0 Å². The van der Waals surface area contributed by atoms with E-state index in [1.54, 1.807) is 17.1 Å². The first-order valence-electron chi connectivity index (χ1n) is 6.35. The summed E-state index contributed by atoms with van der Waals surface area (Å²) in [6, 6.07) is 7.76. The molecule has 0 saturated heterocycles. The molecule has 1 amide bonds. The van der Waals surface area contributed by atoms with Gasteiger partial charge in [-0.2, -0.15) is 5.10 Å². The Morgan fingerprint density at radius 2 is 2.26 bits per heavy atom. The van der Waals surface area contributed by atoms with Crippen LogP contribution in [0.4, 0.5) is 5.69 Å². The number of hydrogen-bond acceptors (Lipinski definition) is 3. The molecule has 1 aliphatic rings. The lowest BCUT2D eigenvalue weighted by atomic mass is 9.98. The van der Waals surface area contributed by atoms with E-state index in [0.29, 0.717) is 6.54 Å². The molecule has 5 heteroatoms. The van der Waals surface area contributed by atoms with Crippen LogP contribution in [0.3, 0.4) is 0 Å². The predicted molar refractivity (Wildman–Crippen MR) is 72.2 cm³/mol. The number of aromatic nitrogens is 2. The van der Waals surface area contributed by atoms with Gasteiger partial charge in [0.25, 0.3) is 0 Å². The summed E-state index contributed by atoms with van der Waals surface area (Å²) in [5.41, 5.74) is 9.10. The number of benzene rings is 1. The van der Waals surface area contributed by atoms with Gasteiger partial charge in [-0.3, -0.25) is 9.48 Å². The van der Waals surface area contributed by atoms with Crippen molar-refractivity contribution >= 4 is 11.6 Å². The summed E-state index contributed by atoms with van der Waals surface area (Å²) in [6.45, 7) is 1.63. The van der Waals surface area contributed by atoms with Crippen LogP contribution in [0.15, 0.2) is 36.7 Å². The van der Waals surface area contributed by atoms with E-state index in [1.165, 1.54) is 5.56 Å². The maximum Gasteiger partial charge on any atom is 0.244 e. The van der Waals surface area contributed by atoms with Crippen LogP contribution in [0.2, 0.25) is 0 Å². The number of fused-ring (bicyclic) bond motifs is 1. The van der Waals surface area contributed by atoms with Crippen LogP contribution < -0.4 is 5.73 Å². The zero-order valence-corrected chi connectivity index (χ0v) is 10.6. The molecule has 0 radical (unpaired) electrons. The Morgan fingerprint density at radius 3 is 3.05 bits per heavy atom. The normalized spacial score (nSPS) is 14.2. The molecular formula is C14H16N4O. The molecule has 0 atom stereocenters. The molecule has 19 heavy (non-hydrogen) atoms. The molecule has 0 aliphatic carbocycles. The second kappa shape index (κ2) is 4.76. The van der Waals surface area contributed by atoms with Gasteiger partial charge in [0.1, 0.15) is 6.54 Å². The first-order valence-corrected chi connectivity index (χ1v) is 6.35. The lowest BCUT2D eigenvalue weighted by Crippen LogP contribution is -2.38. The third-order valence-corrected chi connectivity index (χ3v) is 3.52. The fraction of sp³-hybridized carbons (Fsp3) is 0.286. The molecular weight excluding hydrogens is 240 g/mol. The standard InChI is InChI=1S/C14H16N4O/c15-13-4-1-3-11-5-8-17(9-12(11)13)14(19)10-18-7-2-6-16-18/h1-4,6-7H,5,8-10,15H2. The molecule has 0 unspecified atom stereocenters. The van der Waals surface area contributed by atoms with Crippen molar-refractivity contribution in [2.24, 2.45) is 0 Å². The van der Waals surface area contributed by atoms with E-state index >= 15 is 0 Å². The highest BCUT2D eigenvalue weighted by molar-refractivity contribution is 5.76. The second-order valence-corrected chi connectivity index (χ2v) is 4.75. The Bertz CT molecular complexity index is 591. The van der Waals surface area contributed by atoms with Gasteiger partial charge in [0.15, 0.2) is 0 Å². The fourth-order valence-electron chi connectivity index (χ4n) is 2.45. The van der Waals surface area contributed by atoms with Gasteiger partial charge in [-0.25, -0.2) is 0 Å². The average molecular weight is 256 g/mol. The van der Waals surface area contributed by atoms with Gasteiger partial charge >= 0.3 is 0 Å². The zero-order chi connectivity index (χ0) is 13.2. The van der Waals surface area contributed by atoms with Crippen LogP contribution in [0.5, 0.6) is 0 Å². The van der Waals surface area contributed by atoms with Crippen LogP contribution in [0.1, 0.15) is 11.1 Å². The Labute approximate surface area is 111 Å². The number of nitrogens with two attached hydrogens (primary N) is 1. The van der Waals surface area contributed by atoms with Crippen LogP contribution >= 0.6 is 0 Å². The zero-order valence-electron chi connectivity index (χ0n) is 10.6. The van der Waals surface area contributed by atoms with E-state index < -0.39 is 0 Å². The summed E-state index contributed by atoms with van der Waals surface area (Å²) in [5.74, 6) is 0.0811. The average Bonchev–Trinajstić information content (AvgIpc) is 2.92. The minimum atomic E-state index is 0.0811. The van der Waals surface area contributed by atoms with E-state index in [9.17, 15) is 4.79 Å². The van der Waals surface area contributed by atoms with Gasteiger partial charge < -0.3 is 10.6 Å². The van der Waals surface area contributed by atoms with Crippen molar-refractivity contribution < 1.29 is 4.79 Å². The molecule has 0 bridgehead atoms. The van der Waals surface area contributed by atoms with Gasteiger partial charge in [-0.1, -0.05) is 12.1 Å². The number of amides is 1. The summed E-state index contributed by atoms with van der Waals surface area (Å²) in [7, 11) is 0. The van der Waals surface area contributed by atoms with Crippen LogP contribution in [-0.2, 0) is 24.3 Å². The van der Waals surface area contributed by atoms with Crippen molar-refractivity contribution in [1.29, 1.82) is 0 Å². The quantitative estimate of drug-likeness (QED) is 0.817. The molecule has 2 heterocycles. The third-order valence-electron chi connectivity index (χ3n) is 3.52. The van der Waals surface area contributed by atoms with Crippen molar-refractivity contribution in [1.82, 2.24) is 14.7 Å². The summed E-state index contributed by atoms with van der Waals surface area (Å²) in [4.78, 5) is 14.1. The number of hydrogen-bond donors (Lipinski definition) is 1. The Balaban J connectivity index is 1.75. The summed E-state index contributed by atoms with van der Waals surface area (Å²) < 4.78 is 1.65. The fourth-order valence-corrected chi connectivity index (χ4v) is 2.45. The number of nitrogens with zero attached hydrogens (tertiary/aromatic N) is 3. The van der Waals surface area contributed by atoms with Crippen LogP contribution in [-0.4, -0.2) is 27.1 Å². The molecule has 5 nitrogen and oxygen atoms in total. The van der Waals surface area contributed by atoms with Crippen molar-refractivity contribution in [3.05, 3.63) is 47.8 Å². The molecule has 1 aromatic heterocycles. The Hall–Kier alpha value is -2.30. The second-order valence-electron chi connectivity index (χ2n) is 4.75. The topological polar surface area (TPSA) is 64.2 Å². The molecule has 3 rings (SSSR count). The minimum absolute atomic E-state index is 0.0811. The number of nitrogen functional groups attached to an aromatic ring is 1. The van der Waals surface area contributed by atoms with Crippen molar-refractivity contribution in [2.45, 2.75) is 19.5 Å². The highest BCUT2D eigenvalue weighted by Crippen LogP contribution is 2.24. The lowest BCUT2D eigenvalue weighted by Gasteiger charge is -2.29. The summed E-state index contributed by atoms with van der Waals surface area (Å²) >= 11 is 0. The van der Waals surface area contributed by atoms with Crippen LogP contribution in [0.25, 0.3) is 0 Å². The van der Waals surface area contributed by atoms with Gasteiger partial charge in [0, 0.05) is 31.2 Å². The molecule has 2 N–H and O–H groups in total. The SMILES string of the molecule is Nc1cccc2c1CN(C(=O)Cn1cccn1)CC2. The molecule has 1 aliphatic heterocycles. The lowest BCUT2D eigenvalue weighted by molar-refractivity contribution is -0.132. The van der Waals surface area contributed by atoms with Crippen molar-refractivity contribution in [2.75, 3.05) is 12.3 Å². The summed E-state index contributed by atoms with van der Waals surface area (Å²) in [5, 5.41) is 4.06. The van der Waals surface area contributed by atoms with E-state index in [4.69, 9.17) is 5.73 Å². The highest BCUT2D eigenvalue weighted by Gasteiger charge is 2.22. The number of carbonyl (C=O) groups is 1. The van der Waals surface area contributed by atoms with Gasteiger partial charge in [0.05, 0.1) is 0 Å². The minimum Gasteiger partial charge on any atom is -0.398 e. The van der Waals surface area contributed by atoms with E-state index in [0.717, 1.165) is 24.2 Å². The largest absolute Gasteiger partial charge is 0.398 e. The van der Waals surface area contributed by atoms with Gasteiger partial charge in [0.2, 0.25) is 5.91 Å². The van der Waals surface area contributed by atoms with E-state index in [2.05, 4.69) is 11.2 Å². The van der Waals surface area contributed by atoms with Crippen molar-refractivity contribution in [3.63, 3.8) is 0 Å². The summed E-state index contributed by atoms with van der Waals surface area (Å²) in [6.07, 6.45) is 4.34. The first kappa shape index (κ1) is 11.8. The molecule has 0 spiro atoms. The predicted octanol–water partition coefficient (Wildman–Crippen LogP) is 1.05. The number of rotatable bonds is 2. The number of anilines is 1. The van der Waals surface area contributed by atoms with Gasteiger partial charge in [-0.05, 0) is 29.7 Å². The number of carbonyl (C=O) groups excluding carboxylic acids is 1. The van der Waals surface area contributed by atoms with E-state index in [-0.39, 0.29) is 12.5 Å². The maximum atomic E-state index is 12.2. The Kier molecular flexibility index (Phi) is 2.95. The van der Waals surface area contributed by atoms with Crippen LogP contribution in [0, 0.1) is 0 Å². The monoisotopic (exact) mass is 256 g/mol. The molecule has 98 valence electrons.